The quantitative estimate of drug-likeness (QED) is 0.759. The first kappa shape index (κ1) is 10.9. The monoisotopic (exact) mass is 216 g/mol. The first-order chi connectivity index (χ1) is 7.65. The number of Topliss-reactive ketones (excluding diaryl/α,β-unsaturated/α-hetero) is 1. The fraction of sp³-hybridized carbons (Fsp3) is 0.357. The van der Waals surface area contributed by atoms with Crippen molar-refractivity contribution in [3.05, 3.63) is 47.7 Å². The maximum Gasteiger partial charge on any atom is 0.197 e. The number of benzene rings is 1. The number of carbonyl (C=O) groups is 1. The van der Waals surface area contributed by atoms with Crippen LogP contribution in [0.4, 0.5) is 0 Å². The van der Waals surface area contributed by atoms with Crippen molar-refractivity contribution in [2.45, 2.75) is 25.2 Å². The van der Waals surface area contributed by atoms with Gasteiger partial charge in [0.15, 0.2) is 11.5 Å². The Bertz CT molecular complexity index is 420. The van der Waals surface area contributed by atoms with E-state index >= 15 is 0 Å². The van der Waals surface area contributed by atoms with E-state index in [2.05, 4.69) is 19.1 Å². The van der Waals surface area contributed by atoms with Crippen molar-refractivity contribution in [1.82, 2.24) is 0 Å². The van der Waals surface area contributed by atoms with Crippen molar-refractivity contribution < 1.29 is 9.53 Å². The molecule has 0 heterocycles. The van der Waals surface area contributed by atoms with E-state index in [0.717, 1.165) is 6.42 Å². The fourth-order valence-electron chi connectivity index (χ4n) is 2.16. The lowest BCUT2D eigenvalue weighted by Gasteiger charge is -2.30. The Morgan fingerprint density at radius 1 is 1.25 bits per heavy atom. The molecule has 1 aliphatic carbocycles. The van der Waals surface area contributed by atoms with Crippen LogP contribution < -0.4 is 0 Å². The van der Waals surface area contributed by atoms with E-state index in [1.165, 1.54) is 5.56 Å². The van der Waals surface area contributed by atoms with Crippen molar-refractivity contribution in [2.24, 2.45) is 0 Å². The molecule has 1 aromatic rings. The average Bonchev–Trinajstić information content (AvgIpc) is 2.34. The summed E-state index contributed by atoms with van der Waals surface area (Å²) >= 11 is 0. The molecule has 0 fully saturated rings. The van der Waals surface area contributed by atoms with Gasteiger partial charge < -0.3 is 4.74 Å². The third-order valence-corrected chi connectivity index (χ3v) is 3.25. The lowest BCUT2D eigenvalue weighted by Crippen LogP contribution is -2.27. The molecule has 1 unspecified atom stereocenters. The molecule has 0 N–H and O–H groups in total. The molecule has 2 heteroatoms. The molecule has 84 valence electrons. The Balaban J connectivity index is 2.40. The summed E-state index contributed by atoms with van der Waals surface area (Å²) in [7, 11) is 1.56. The molecule has 1 aromatic carbocycles. The summed E-state index contributed by atoms with van der Waals surface area (Å²) in [5.74, 6) is 0.605. The number of ketones is 1. The minimum atomic E-state index is -0.0828. The van der Waals surface area contributed by atoms with E-state index in [1.807, 2.05) is 24.3 Å². The van der Waals surface area contributed by atoms with Gasteiger partial charge in [0, 0.05) is 11.8 Å². The second kappa shape index (κ2) is 4.12. The zero-order valence-corrected chi connectivity index (χ0v) is 9.69. The van der Waals surface area contributed by atoms with Crippen LogP contribution in [0.25, 0.3) is 0 Å². The number of carbonyl (C=O) groups excluding carboxylic acids is 1. The number of ether oxygens (including phenoxy) is 1. The van der Waals surface area contributed by atoms with E-state index < -0.39 is 0 Å². The van der Waals surface area contributed by atoms with E-state index in [1.54, 1.807) is 7.11 Å². The van der Waals surface area contributed by atoms with E-state index in [0.29, 0.717) is 12.2 Å². The predicted octanol–water partition coefficient (Wildman–Crippen LogP) is 2.84. The molecule has 2 rings (SSSR count). The second-order valence-electron chi connectivity index (χ2n) is 4.42. The summed E-state index contributed by atoms with van der Waals surface area (Å²) in [5.41, 5.74) is 1.15. The number of methoxy groups -OCH3 is 1. The van der Waals surface area contributed by atoms with Gasteiger partial charge in [-0.3, -0.25) is 4.79 Å². The smallest absolute Gasteiger partial charge is 0.197 e. The van der Waals surface area contributed by atoms with Crippen LogP contribution in [0.3, 0.4) is 0 Å². The standard InChI is InChI=1S/C14H16O2/c1-14(11-6-4-3-5-7-11)9-8-12(15)13(10-14)16-2/h3-7,10H,8-9H2,1-2H3. The third kappa shape index (κ3) is 1.87. The van der Waals surface area contributed by atoms with Gasteiger partial charge in [-0.05, 0) is 18.1 Å². The Morgan fingerprint density at radius 3 is 2.56 bits per heavy atom. The fourth-order valence-corrected chi connectivity index (χ4v) is 2.16. The SMILES string of the molecule is COC1=CC(C)(c2ccccc2)CCC1=O. The molecule has 2 nitrogen and oxygen atoms in total. The Kier molecular flexibility index (Phi) is 2.82. The minimum absolute atomic E-state index is 0.0828. The van der Waals surface area contributed by atoms with Gasteiger partial charge in [-0.2, -0.15) is 0 Å². The van der Waals surface area contributed by atoms with Gasteiger partial charge in [-0.25, -0.2) is 0 Å². The van der Waals surface area contributed by atoms with Crippen LogP contribution in [0.15, 0.2) is 42.2 Å². The molecule has 0 saturated carbocycles. The lowest BCUT2D eigenvalue weighted by atomic mass is 9.74. The summed E-state index contributed by atoms with van der Waals surface area (Å²) in [6, 6.07) is 10.2. The molecule has 0 aromatic heterocycles. The Morgan fingerprint density at radius 2 is 1.94 bits per heavy atom. The molecule has 1 atom stereocenters. The first-order valence-corrected chi connectivity index (χ1v) is 5.51. The van der Waals surface area contributed by atoms with Crippen molar-refractivity contribution in [2.75, 3.05) is 7.11 Å². The molecule has 16 heavy (non-hydrogen) atoms. The summed E-state index contributed by atoms with van der Waals surface area (Å²) in [4.78, 5) is 11.6. The summed E-state index contributed by atoms with van der Waals surface area (Å²) < 4.78 is 5.13. The van der Waals surface area contributed by atoms with Gasteiger partial charge in [0.25, 0.3) is 0 Å². The van der Waals surface area contributed by atoms with Gasteiger partial charge in [0.2, 0.25) is 0 Å². The average molecular weight is 216 g/mol. The number of hydrogen-bond donors (Lipinski definition) is 0. The van der Waals surface area contributed by atoms with Gasteiger partial charge in [0.1, 0.15) is 0 Å². The summed E-state index contributed by atoms with van der Waals surface area (Å²) in [6.07, 6.45) is 3.36. The third-order valence-electron chi connectivity index (χ3n) is 3.25. The molecule has 0 aliphatic heterocycles. The number of allylic oxidation sites excluding steroid dienone is 2. The zero-order valence-electron chi connectivity index (χ0n) is 9.69. The predicted molar refractivity (Wildman–Crippen MR) is 63.1 cm³/mol. The summed E-state index contributed by atoms with van der Waals surface area (Å²) in [6.45, 7) is 2.15. The van der Waals surface area contributed by atoms with E-state index in [9.17, 15) is 4.79 Å². The van der Waals surface area contributed by atoms with Crippen LogP contribution >= 0.6 is 0 Å². The van der Waals surface area contributed by atoms with E-state index in [-0.39, 0.29) is 11.2 Å². The highest BCUT2D eigenvalue weighted by Gasteiger charge is 2.31. The van der Waals surface area contributed by atoms with Crippen molar-refractivity contribution in [1.29, 1.82) is 0 Å². The molecule has 0 spiro atoms. The number of rotatable bonds is 2. The van der Waals surface area contributed by atoms with Crippen LogP contribution in [-0.2, 0) is 14.9 Å². The second-order valence-corrected chi connectivity index (χ2v) is 4.42. The molecule has 0 radical (unpaired) electrons. The number of hydrogen-bond acceptors (Lipinski definition) is 2. The maximum atomic E-state index is 11.6. The normalized spacial score (nSPS) is 25.1. The van der Waals surface area contributed by atoms with E-state index in [4.69, 9.17) is 4.74 Å². The van der Waals surface area contributed by atoms with Crippen LogP contribution in [0, 0.1) is 0 Å². The highest BCUT2D eigenvalue weighted by Crippen LogP contribution is 2.35. The van der Waals surface area contributed by atoms with Crippen LogP contribution in [-0.4, -0.2) is 12.9 Å². The van der Waals surface area contributed by atoms with Gasteiger partial charge in [-0.1, -0.05) is 37.3 Å². The van der Waals surface area contributed by atoms with Gasteiger partial charge in [-0.15, -0.1) is 0 Å². The largest absolute Gasteiger partial charge is 0.493 e. The van der Waals surface area contributed by atoms with Crippen LogP contribution in [0.2, 0.25) is 0 Å². The van der Waals surface area contributed by atoms with Crippen molar-refractivity contribution in [3.8, 4) is 0 Å². The lowest BCUT2D eigenvalue weighted by molar-refractivity contribution is -0.119. The zero-order chi connectivity index (χ0) is 11.6. The highest BCUT2D eigenvalue weighted by atomic mass is 16.5. The highest BCUT2D eigenvalue weighted by molar-refractivity contribution is 5.94. The molecule has 0 amide bonds. The van der Waals surface area contributed by atoms with Crippen LogP contribution in [0.5, 0.6) is 0 Å². The first-order valence-electron chi connectivity index (χ1n) is 5.51. The Labute approximate surface area is 95.9 Å². The van der Waals surface area contributed by atoms with Gasteiger partial charge >= 0.3 is 0 Å². The van der Waals surface area contributed by atoms with Gasteiger partial charge in [0.05, 0.1) is 7.11 Å². The minimum Gasteiger partial charge on any atom is -0.493 e. The maximum absolute atomic E-state index is 11.6. The Hall–Kier alpha value is -1.57. The topological polar surface area (TPSA) is 26.3 Å². The molecule has 0 bridgehead atoms. The molecule has 1 aliphatic rings. The molecule has 0 saturated heterocycles. The molecular weight excluding hydrogens is 200 g/mol. The molecular formula is C14H16O2. The van der Waals surface area contributed by atoms with Crippen molar-refractivity contribution in [3.63, 3.8) is 0 Å². The van der Waals surface area contributed by atoms with Crippen LogP contribution in [0.1, 0.15) is 25.3 Å². The summed E-state index contributed by atoms with van der Waals surface area (Å²) in [5, 5.41) is 0. The van der Waals surface area contributed by atoms with Crippen molar-refractivity contribution >= 4 is 5.78 Å².